The summed E-state index contributed by atoms with van der Waals surface area (Å²) in [5, 5.41) is 15.0. The first kappa shape index (κ1) is 9.64. The number of ether oxygens (including phenoxy) is 1. The molecule has 1 aromatic carbocycles. The molecular formula is C10H12N2O3. The molecule has 0 aromatic heterocycles. The zero-order chi connectivity index (χ0) is 10.8. The third-order valence-electron chi connectivity index (χ3n) is 2.28. The van der Waals surface area contributed by atoms with Crippen molar-refractivity contribution in [1.82, 2.24) is 0 Å². The predicted molar refractivity (Wildman–Crippen MR) is 56.9 cm³/mol. The van der Waals surface area contributed by atoms with Crippen LogP contribution in [-0.2, 0) is 0 Å². The highest BCUT2D eigenvalue weighted by Crippen LogP contribution is 2.35. The Hall–Kier alpha value is -1.91. The van der Waals surface area contributed by atoms with Gasteiger partial charge < -0.3 is 20.5 Å². The van der Waals surface area contributed by atoms with Crippen LogP contribution in [0.4, 0.5) is 11.4 Å². The van der Waals surface area contributed by atoms with Gasteiger partial charge in [0.15, 0.2) is 0 Å². The molecule has 0 spiro atoms. The minimum Gasteiger partial charge on any atom is -0.489 e. The molecule has 0 aliphatic carbocycles. The van der Waals surface area contributed by atoms with E-state index in [1.165, 1.54) is 6.07 Å². The summed E-state index contributed by atoms with van der Waals surface area (Å²) in [4.78, 5) is 10.9. The van der Waals surface area contributed by atoms with Crippen molar-refractivity contribution in [2.75, 3.05) is 30.8 Å². The summed E-state index contributed by atoms with van der Waals surface area (Å²) in [6.07, 6.45) is 0. The topological polar surface area (TPSA) is 70.6 Å². The number of hydrogen-bond donors (Lipinski definition) is 3. The van der Waals surface area contributed by atoms with Gasteiger partial charge in [-0.05, 0) is 12.1 Å². The molecule has 0 radical (unpaired) electrons. The highest BCUT2D eigenvalue weighted by atomic mass is 16.5. The van der Waals surface area contributed by atoms with Crippen LogP contribution in [0.15, 0.2) is 12.1 Å². The lowest BCUT2D eigenvalue weighted by molar-refractivity contribution is 0.0696. The second-order valence-corrected chi connectivity index (χ2v) is 3.23. The molecule has 1 aliphatic heterocycles. The van der Waals surface area contributed by atoms with E-state index in [-0.39, 0.29) is 5.56 Å². The lowest BCUT2D eigenvalue weighted by Gasteiger charge is -2.22. The minimum absolute atomic E-state index is 0.224. The van der Waals surface area contributed by atoms with Crippen molar-refractivity contribution in [1.29, 1.82) is 0 Å². The number of rotatable bonds is 2. The molecule has 3 N–H and O–H groups in total. The Balaban J connectivity index is 2.52. The number of nitrogens with one attached hydrogen (secondary N) is 2. The fourth-order valence-corrected chi connectivity index (χ4v) is 1.57. The van der Waals surface area contributed by atoms with Gasteiger partial charge in [0, 0.05) is 13.6 Å². The molecule has 0 atom stereocenters. The molecule has 1 heterocycles. The van der Waals surface area contributed by atoms with Gasteiger partial charge in [0.05, 0.1) is 11.3 Å². The van der Waals surface area contributed by atoms with Crippen LogP contribution >= 0.6 is 0 Å². The Morgan fingerprint density at radius 3 is 3.07 bits per heavy atom. The number of carboxylic acid groups (broad SMARTS) is 1. The summed E-state index contributed by atoms with van der Waals surface area (Å²) in [5.41, 5.74) is 1.79. The van der Waals surface area contributed by atoms with Gasteiger partial charge in [-0.1, -0.05) is 0 Å². The lowest BCUT2D eigenvalue weighted by Crippen LogP contribution is -2.19. The Kier molecular flexibility index (Phi) is 2.37. The molecule has 1 aliphatic rings. The number of aromatic carboxylic acids is 1. The largest absolute Gasteiger partial charge is 0.489 e. The monoisotopic (exact) mass is 208 g/mol. The van der Waals surface area contributed by atoms with Crippen LogP contribution in [0.5, 0.6) is 5.75 Å². The molecule has 0 bridgehead atoms. The van der Waals surface area contributed by atoms with Crippen LogP contribution in [-0.4, -0.2) is 31.3 Å². The molecule has 1 aromatic rings. The van der Waals surface area contributed by atoms with E-state index >= 15 is 0 Å². The fourth-order valence-electron chi connectivity index (χ4n) is 1.57. The normalized spacial score (nSPS) is 13.4. The molecule has 5 heteroatoms. The van der Waals surface area contributed by atoms with Gasteiger partial charge in [-0.3, -0.25) is 0 Å². The van der Waals surface area contributed by atoms with Gasteiger partial charge in [0.1, 0.15) is 18.0 Å². The van der Waals surface area contributed by atoms with Gasteiger partial charge in [-0.15, -0.1) is 0 Å². The number of hydrogen-bond acceptors (Lipinski definition) is 4. The third-order valence-corrected chi connectivity index (χ3v) is 2.28. The maximum atomic E-state index is 10.9. The molecule has 0 saturated heterocycles. The van der Waals surface area contributed by atoms with Gasteiger partial charge >= 0.3 is 5.97 Å². The fraction of sp³-hybridized carbons (Fsp3) is 0.300. The van der Waals surface area contributed by atoms with Crippen LogP contribution < -0.4 is 15.4 Å². The maximum absolute atomic E-state index is 10.9. The number of benzene rings is 1. The van der Waals surface area contributed by atoms with Crippen LogP contribution in [0, 0.1) is 0 Å². The third kappa shape index (κ3) is 1.68. The second kappa shape index (κ2) is 3.68. The summed E-state index contributed by atoms with van der Waals surface area (Å²) < 4.78 is 5.39. The van der Waals surface area contributed by atoms with Crippen LogP contribution in [0.1, 0.15) is 10.4 Å². The van der Waals surface area contributed by atoms with E-state index in [1.54, 1.807) is 13.1 Å². The first-order valence-electron chi connectivity index (χ1n) is 4.68. The van der Waals surface area contributed by atoms with Crippen molar-refractivity contribution >= 4 is 17.3 Å². The van der Waals surface area contributed by atoms with Crippen molar-refractivity contribution in [2.24, 2.45) is 0 Å². The van der Waals surface area contributed by atoms with Gasteiger partial charge in [0.2, 0.25) is 0 Å². The SMILES string of the molecule is CNc1cc(C(=O)O)cc2c1NCCO2. The summed E-state index contributed by atoms with van der Waals surface area (Å²) in [7, 11) is 1.75. The van der Waals surface area contributed by atoms with Crippen LogP contribution in [0.2, 0.25) is 0 Å². The summed E-state index contributed by atoms with van der Waals surface area (Å²) in [6, 6.07) is 3.12. The van der Waals surface area contributed by atoms with E-state index in [0.717, 1.165) is 17.9 Å². The van der Waals surface area contributed by atoms with Crippen LogP contribution in [0.3, 0.4) is 0 Å². The van der Waals surface area contributed by atoms with Crippen molar-refractivity contribution in [3.05, 3.63) is 17.7 Å². The molecule has 80 valence electrons. The van der Waals surface area contributed by atoms with E-state index in [9.17, 15) is 4.79 Å². The lowest BCUT2D eigenvalue weighted by atomic mass is 10.1. The quantitative estimate of drug-likeness (QED) is 0.682. The van der Waals surface area contributed by atoms with E-state index in [2.05, 4.69) is 10.6 Å². The molecule has 0 amide bonds. The first-order valence-corrected chi connectivity index (χ1v) is 4.68. The zero-order valence-electron chi connectivity index (χ0n) is 8.33. The minimum atomic E-state index is -0.955. The van der Waals surface area contributed by atoms with E-state index < -0.39 is 5.97 Å². The van der Waals surface area contributed by atoms with Crippen LogP contribution in [0.25, 0.3) is 0 Å². The van der Waals surface area contributed by atoms with Crippen molar-refractivity contribution in [3.8, 4) is 5.75 Å². The zero-order valence-corrected chi connectivity index (χ0v) is 8.33. The maximum Gasteiger partial charge on any atom is 0.335 e. The van der Waals surface area contributed by atoms with E-state index in [0.29, 0.717) is 12.4 Å². The number of anilines is 2. The predicted octanol–water partition coefficient (Wildman–Crippen LogP) is 1.23. The first-order chi connectivity index (χ1) is 7.22. The van der Waals surface area contributed by atoms with Gasteiger partial charge in [-0.25, -0.2) is 4.79 Å². The molecule has 15 heavy (non-hydrogen) atoms. The number of fused-ring (bicyclic) bond motifs is 1. The van der Waals surface area contributed by atoms with E-state index in [1.807, 2.05) is 0 Å². The highest BCUT2D eigenvalue weighted by molar-refractivity contribution is 5.93. The summed E-state index contributed by atoms with van der Waals surface area (Å²) in [5.74, 6) is -0.367. The standard InChI is InChI=1S/C10H12N2O3/c1-11-7-4-6(10(13)14)5-8-9(7)12-2-3-15-8/h4-5,11-12H,2-3H2,1H3,(H,13,14). The summed E-state index contributed by atoms with van der Waals surface area (Å²) >= 11 is 0. The highest BCUT2D eigenvalue weighted by Gasteiger charge is 2.17. The Morgan fingerprint density at radius 1 is 1.60 bits per heavy atom. The Morgan fingerprint density at radius 2 is 2.40 bits per heavy atom. The number of carboxylic acids is 1. The summed E-state index contributed by atoms with van der Waals surface area (Å²) in [6.45, 7) is 1.29. The molecule has 2 rings (SSSR count). The average molecular weight is 208 g/mol. The average Bonchev–Trinajstić information content (AvgIpc) is 2.27. The molecule has 0 saturated carbocycles. The molecule has 0 unspecified atom stereocenters. The van der Waals surface area contributed by atoms with Crippen molar-refractivity contribution in [3.63, 3.8) is 0 Å². The Bertz CT molecular complexity index is 387. The molecule has 0 fully saturated rings. The van der Waals surface area contributed by atoms with E-state index in [4.69, 9.17) is 9.84 Å². The van der Waals surface area contributed by atoms with Crippen molar-refractivity contribution in [2.45, 2.75) is 0 Å². The van der Waals surface area contributed by atoms with Crippen molar-refractivity contribution < 1.29 is 14.6 Å². The molecular weight excluding hydrogens is 196 g/mol. The number of carbonyl (C=O) groups is 1. The van der Waals surface area contributed by atoms with Gasteiger partial charge in [-0.2, -0.15) is 0 Å². The second-order valence-electron chi connectivity index (χ2n) is 3.23. The van der Waals surface area contributed by atoms with Gasteiger partial charge in [0.25, 0.3) is 0 Å². The Labute approximate surface area is 87.1 Å². The molecule has 5 nitrogen and oxygen atoms in total. The smallest absolute Gasteiger partial charge is 0.335 e.